The number of ether oxygens (including phenoxy) is 1. The zero-order chi connectivity index (χ0) is 9.84. The molecule has 13 heavy (non-hydrogen) atoms. The fourth-order valence-corrected chi connectivity index (χ4v) is 3.11. The highest BCUT2D eigenvalue weighted by Gasteiger charge is 2.06. The van der Waals surface area contributed by atoms with Gasteiger partial charge >= 0.3 is 0 Å². The first kappa shape index (κ1) is 11.2. The first-order valence-corrected chi connectivity index (χ1v) is 8.79. The second-order valence-corrected chi connectivity index (χ2v) is 10.1. The first-order chi connectivity index (χ1) is 6.11. The van der Waals surface area contributed by atoms with Gasteiger partial charge in [-0.25, -0.2) is 0 Å². The van der Waals surface area contributed by atoms with Crippen LogP contribution in [0.4, 0.5) is 0 Å². The van der Waals surface area contributed by atoms with E-state index in [4.69, 9.17) is 4.74 Å². The van der Waals surface area contributed by atoms with Crippen molar-refractivity contribution in [1.82, 2.24) is 0 Å². The van der Waals surface area contributed by atoms with Crippen LogP contribution in [0, 0.1) is 6.92 Å². The number of aryl methyl sites for hydroxylation is 1. The number of hydrogen-bond acceptors (Lipinski definition) is 1. The van der Waals surface area contributed by atoms with Crippen molar-refractivity contribution in [2.75, 3.05) is 7.11 Å². The quantitative estimate of drug-likeness (QED) is 0.747. The topological polar surface area (TPSA) is 9.23 Å². The second-order valence-electron chi connectivity index (χ2n) is 2.88. The summed E-state index contributed by atoms with van der Waals surface area (Å²) in [7, 11) is 5.27. The highest BCUT2D eigenvalue weighted by molar-refractivity contribution is 9.40. The average molecular weight is 278 g/mol. The Morgan fingerprint density at radius 3 is 2.69 bits per heavy atom. The summed E-state index contributed by atoms with van der Waals surface area (Å²) in [5.41, 5.74) is 2.54. The van der Waals surface area contributed by atoms with Gasteiger partial charge in [-0.15, -0.1) is 0 Å². The molecule has 0 bridgehead atoms. The SMILES string of the molecule is COc1cc(C)cc(C[P+](=P)Br)c1. The van der Waals surface area contributed by atoms with Crippen molar-refractivity contribution in [3.05, 3.63) is 29.3 Å². The molecule has 1 unspecified atom stereocenters. The van der Waals surface area contributed by atoms with Gasteiger partial charge in [0.1, 0.15) is 20.4 Å². The van der Waals surface area contributed by atoms with Crippen LogP contribution in [0.5, 0.6) is 5.75 Å². The molecule has 0 amide bonds. The summed E-state index contributed by atoms with van der Waals surface area (Å²) < 4.78 is 5.19. The lowest BCUT2D eigenvalue weighted by molar-refractivity contribution is 0.414. The van der Waals surface area contributed by atoms with Crippen LogP contribution < -0.4 is 4.74 Å². The maximum absolute atomic E-state index is 5.19. The molecule has 1 nitrogen and oxygen atoms in total. The van der Waals surface area contributed by atoms with Crippen LogP contribution in [-0.2, 0) is 6.16 Å². The van der Waals surface area contributed by atoms with E-state index in [9.17, 15) is 0 Å². The Kier molecular flexibility index (Phi) is 4.38. The Bertz CT molecular complexity index is 325. The van der Waals surface area contributed by atoms with Gasteiger partial charge in [0.25, 0.3) is 0 Å². The molecule has 0 saturated heterocycles. The lowest BCUT2D eigenvalue weighted by atomic mass is 10.1. The highest BCUT2D eigenvalue weighted by Crippen LogP contribution is 2.41. The van der Waals surface area contributed by atoms with Gasteiger partial charge in [0, 0.05) is 5.56 Å². The van der Waals surface area contributed by atoms with E-state index in [1.165, 1.54) is 11.1 Å². The van der Waals surface area contributed by atoms with E-state index in [1.54, 1.807) is 7.11 Å². The van der Waals surface area contributed by atoms with Crippen LogP contribution in [0.3, 0.4) is 0 Å². The molecule has 0 spiro atoms. The van der Waals surface area contributed by atoms with Crippen molar-refractivity contribution in [3.63, 3.8) is 0 Å². The summed E-state index contributed by atoms with van der Waals surface area (Å²) in [6.45, 7) is 2.08. The molecule has 4 heteroatoms. The van der Waals surface area contributed by atoms with Gasteiger partial charge in [-0.05, 0) is 24.6 Å². The largest absolute Gasteiger partial charge is 0.497 e. The Morgan fingerprint density at radius 1 is 1.46 bits per heavy atom. The molecule has 0 fully saturated rings. The minimum atomic E-state index is -0.244. The van der Waals surface area contributed by atoms with Gasteiger partial charge < -0.3 is 4.74 Å². The molecule has 0 N–H and O–H groups in total. The van der Waals surface area contributed by atoms with E-state index >= 15 is 0 Å². The van der Waals surface area contributed by atoms with Gasteiger partial charge in [0.15, 0.2) is 5.91 Å². The molecule has 0 aliphatic heterocycles. The smallest absolute Gasteiger partial charge is 0.215 e. The van der Waals surface area contributed by atoms with Crippen LogP contribution in [0.25, 0.3) is 0 Å². The van der Waals surface area contributed by atoms with Gasteiger partial charge in [-0.2, -0.15) is 0 Å². The van der Waals surface area contributed by atoms with Gasteiger partial charge in [-0.3, -0.25) is 0 Å². The summed E-state index contributed by atoms with van der Waals surface area (Å²) >= 11 is 3.52. The number of hydrogen-bond donors (Lipinski definition) is 0. The average Bonchev–Trinajstić information content (AvgIpc) is 2.01. The fraction of sp³-hybridized carbons (Fsp3) is 0.333. The van der Waals surface area contributed by atoms with Crippen molar-refractivity contribution in [3.8, 4) is 5.75 Å². The Morgan fingerprint density at radius 2 is 2.15 bits per heavy atom. The predicted octanol–water partition coefficient (Wildman–Crippen LogP) is 4.35. The van der Waals surface area contributed by atoms with Crippen molar-refractivity contribution in [2.45, 2.75) is 13.1 Å². The van der Waals surface area contributed by atoms with E-state index in [1.807, 2.05) is 6.07 Å². The van der Waals surface area contributed by atoms with Crippen molar-refractivity contribution in [2.24, 2.45) is 0 Å². The molecule has 0 aliphatic carbocycles. The summed E-state index contributed by atoms with van der Waals surface area (Å²) in [6.07, 6.45) is 1.02. The molecule has 0 saturated carbocycles. The first-order valence-electron chi connectivity index (χ1n) is 3.91. The van der Waals surface area contributed by atoms with Crippen LogP contribution in [0.15, 0.2) is 18.2 Å². The molecule has 70 valence electrons. The van der Waals surface area contributed by atoms with E-state index < -0.39 is 0 Å². The summed E-state index contributed by atoms with van der Waals surface area (Å²) in [6, 6.07) is 6.29. The molecule has 1 atom stereocenters. The van der Waals surface area contributed by atoms with Crippen LogP contribution in [-0.4, -0.2) is 7.11 Å². The molecule has 0 aliphatic rings. The van der Waals surface area contributed by atoms with Crippen LogP contribution in [0.1, 0.15) is 11.1 Å². The zero-order valence-electron chi connectivity index (χ0n) is 7.67. The minimum Gasteiger partial charge on any atom is -0.497 e. The standard InChI is InChI=1S/C9H12BrOP2/c1-7-3-8(6-13(10)12)5-9(4-7)11-2/h3-5,12H,6H2,1-2H3/q+1. The molecule has 1 rings (SSSR count). The summed E-state index contributed by atoms with van der Waals surface area (Å²) in [5.74, 6) is 0.692. The van der Waals surface area contributed by atoms with E-state index in [0.717, 1.165) is 11.9 Å². The third-order valence-electron chi connectivity index (χ3n) is 1.67. The molecule has 1 aromatic carbocycles. The monoisotopic (exact) mass is 277 g/mol. The van der Waals surface area contributed by atoms with Gasteiger partial charge in [0.2, 0.25) is 15.5 Å². The highest BCUT2D eigenvalue weighted by atomic mass is 79.9. The molecular formula is C9H12BrOP2+. The molecule has 0 heterocycles. The Labute approximate surface area is 90.0 Å². The molecule has 0 radical (unpaired) electrons. The third-order valence-corrected chi connectivity index (χ3v) is 3.54. The number of halogens is 1. The number of rotatable bonds is 3. The molecule has 0 aromatic heterocycles. The number of benzene rings is 1. The van der Waals surface area contributed by atoms with Gasteiger partial charge in [0.05, 0.1) is 7.11 Å². The second kappa shape index (κ2) is 5.10. The van der Waals surface area contributed by atoms with Gasteiger partial charge in [-0.1, -0.05) is 6.07 Å². The van der Waals surface area contributed by atoms with E-state index in [-0.39, 0.29) is 5.91 Å². The lowest BCUT2D eigenvalue weighted by Gasteiger charge is -2.02. The Hall–Kier alpha value is 0.1000. The Balaban J connectivity index is 2.94. The predicted molar refractivity (Wildman–Crippen MR) is 65.6 cm³/mol. The van der Waals surface area contributed by atoms with Crippen molar-refractivity contribution in [1.29, 1.82) is 0 Å². The molecular weight excluding hydrogens is 266 g/mol. The fourth-order valence-electron chi connectivity index (χ4n) is 1.19. The van der Waals surface area contributed by atoms with Crippen LogP contribution >= 0.6 is 29.9 Å². The third kappa shape index (κ3) is 3.77. The van der Waals surface area contributed by atoms with Crippen molar-refractivity contribution < 1.29 is 4.74 Å². The number of methoxy groups -OCH3 is 1. The normalized spacial score (nSPS) is 11.2. The van der Waals surface area contributed by atoms with E-state index in [0.29, 0.717) is 0 Å². The maximum atomic E-state index is 5.19. The zero-order valence-corrected chi connectivity index (χ0v) is 11.2. The van der Waals surface area contributed by atoms with Crippen molar-refractivity contribution >= 4 is 29.9 Å². The summed E-state index contributed by atoms with van der Waals surface area (Å²) in [5, 5.41) is 0. The van der Waals surface area contributed by atoms with Crippen LogP contribution in [0.2, 0.25) is 0 Å². The van der Waals surface area contributed by atoms with E-state index in [2.05, 4.69) is 43.1 Å². The molecule has 1 aromatic rings. The lowest BCUT2D eigenvalue weighted by Crippen LogP contribution is -1.87. The summed E-state index contributed by atoms with van der Waals surface area (Å²) in [4.78, 5) is 0. The minimum absolute atomic E-state index is 0.244. The maximum Gasteiger partial charge on any atom is 0.215 e.